The number of aromatic amines is 1. The number of carbonyl (C=O) groups is 2. The largest absolute Gasteiger partial charge is 0.489 e. The Morgan fingerprint density at radius 1 is 0.861 bits per heavy atom. The molecule has 1 N–H and O–H groups in total. The van der Waals surface area contributed by atoms with Gasteiger partial charge in [-0.2, -0.15) is 0 Å². The zero-order valence-electron chi connectivity index (χ0n) is 20.3. The van der Waals surface area contributed by atoms with Crippen molar-refractivity contribution in [3.8, 4) is 11.5 Å². The third kappa shape index (κ3) is 5.41. The average Bonchev–Trinajstić information content (AvgIpc) is 3.18. The number of likely N-dealkylation sites (tertiary alicyclic amines) is 1. The van der Waals surface area contributed by atoms with Gasteiger partial charge in [-0.1, -0.05) is 37.5 Å². The van der Waals surface area contributed by atoms with E-state index in [1.54, 1.807) is 23.2 Å². The maximum atomic E-state index is 12.2. The summed E-state index contributed by atoms with van der Waals surface area (Å²) in [4.78, 5) is 40.6. The lowest BCUT2D eigenvalue weighted by Gasteiger charge is -2.43. The summed E-state index contributed by atoms with van der Waals surface area (Å²) in [7, 11) is 0. The first kappa shape index (κ1) is 24.4. The number of aromatic nitrogens is 1. The van der Waals surface area contributed by atoms with E-state index in [-0.39, 0.29) is 24.4 Å². The second kappa shape index (κ2) is 10.7. The molecule has 2 aliphatic heterocycles. The van der Waals surface area contributed by atoms with Gasteiger partial charge in [-0.15, -0.1) is 0 Å². The highest BCUT2D eigenvalue weighted by molar-refractivity contribution is 6.31. The summed E-state index contributed by atoms with van der Waals surface area (Å²) in [5, 5.41) is 0. The van der Waals surface area contributed by atoms with Gasteiger partial charge in [0.2, 0.25) is 0 Å². The Bertz CT molecular complexity index is 1120. The van der Waals surface area contributed by atoms with E-state index in [9.17, 15) is 14.4 Å². The Balaban J connectivity index is 1.24. The summed E-state index contributed by atoms with van der Waals surface area (Å²) >= 11 is 0. The average molecular weight is 497 g/mol. The van der Waals surface area contributed by atoms with Gasteiger partial charge in [-0.05, 0) is 43.4 Å². The molecule has 2 saturated heterocycles. The van der Waals surface area contributed by atoms with Crippen LogP contribution < -0.4 is 15.0 Å². The van der Waals surface area contributed by atoms with Crippen LogP contribution in [0.5, 0.6) is 11.5 Å². The maximum Gasteiger partial charge on any atom is 0.421 e. The first-order chi connectivity index (χ1) is 17.5. The van der Waals surface area contributed by atoms with Crippen LogP contribution in [-0.4, -0.2) is 47.5 Å². The summed E-state index contributed by atoms with van der Waals surface area (Å²) in [6.45, 7) is 1.68. The Morgan fingerprint density at radius 2 is 1.53 bits per heavy atom. The topological polar surface area (TPSA) is 107 Å². The second-order valence-electron chi connectivity index (χ2n) is 9.87. The molecule has 36 heavy (non-hydrogen) atoms. The number of H-pyrrole nitrogens is 1. The van der Waals surface area contributed by atoms with Crippen LogP contribution in [0.25, 0.3) is 0 Å². The smallest absolute Gasteiger partial charge is 0.421 e. The molecule has 0 radical (unpaired) electrons. The number of pyridine rings is 1. The zero-order valence-corrected chi connectivity index (χ0v) is 20.3. The van der Waals surface area contributed by atoms with Gasteiger partial charge in [0.15, 0.2) is 11.5 Å². The summed E-state index contributed by atoms with van der Waals surface area (Å²) in [6.07, 6.45) is 8.76. The SMILES string of the molecule is O=C1OC2(CC(COc3ccccc3OCC3CCCCC3)CCN2Cc2ccc[nH]c2=O)OC1=O. The number of benzene rings is 1. The molecule has 9 nitrogen and oxygen atoms in total. The molecular formula is C27H32N2O7. The normalized spacial score (nSPS) is 22.3. The highest BCUT2D eigenvalue weighted by Gasteiger charge is 2.56. The fourth-order valence-electron chi connectivity index (χ4n) is 5.30. The molecule has 9 heteroatoms. The van der Waals surface area contributed by atoms with Crippen LogP contribution >= 0.6 is 0 Å². The minimum atomic E-state index is -1.54. The van der Waals surface area contributed by atoms with E-state index in [1.165, 1.54) is 32.1 Å². The quantitative estimate of drug-likeness (QED) is 0.438. The Labute approximate surface area is 209 Å². The first-order valence-corrected chi connectivity index (χ1v) is 12.7. The van der Waals surface area contributed by atoms with Crippen molar-refractivity contribution < 1.29 is 28.5 Å². The third-order valence-electron chi connectivity index (χ3n) is 7.29. The highest BCUT2D eigenvalue weighted by atomic mass is 16.8. The lowest BCUT2D eigenvalue weighted by molar-refractivity contribution is -0.275. The number of esters is 2. The maximum absolute atomic E-state index is 12.2. The lowest BCUT2D eigenvalue weighted by atomic mass is 9.90. The van der Waals surface area contributed by atoms with Gasteiger partial charge < -0.3 is 23.9 Å². The van der Waals surface area contributed by atoms with Crippen LogP contribution in [-0.2, 0) is 25.6 Å². The molecule has 1 aromatic heterocycles. The summed E-state index contributed by atoms with van der Waals surface area (Å²) in [5.74, 6) is -1.66. The van der Waals surface area contributed by atoms with Gasteiger partial charge in [0.05, 0.1) is 13.2 Å². The van der Waals surface area contributed by atoms with Gasteiger partial charge >= 0.3 is 17.8 Å². The van der Waals surface area contributed by atoms with Crippen molar-refractivity contribution in [1.29, 1.82) is 0 Å². The Kier molecular flexibility index (Phi) is 7.27. The molecule has 5 rings (SSSR count). The van der Waals surface area contributed by atoms with Gasteiger partial charge in [0.1, 0.15) is 0 Å². The molecule has 1 saturated carbocycles. The van der Waals surface area contributed by atoms with Crippen LogP contribution in [0.4, 0.5) is 0 Å². The molecule has 1 aliphatic carbocycles. The van der Waals surface area contributed by atoms with Crippen molar-refractivity contribution in [2.75, 3.05) is 19.8 Å². The molecule has 192 valence electrons. The predicted octanol–water partition coefficient (Wildman–Crippen LogP) is 3.38. The molecule has 2 aromatic rings. The Morgan fingerprint density at radius 3 is 2.19 bits per heavy atom. The van der Waals surface area contributed by atoms with Gasteiger partial charge in [0, 0.05) is 37.2 Å². The zero-order chi connectivity index (χ0) is 25.0. The molecule has 1 unspecified atom stereocenters. The van der Waals surface area contributed by atoms with Gasteiger partial charge in [-0.25, -0.2) is 14.5 Å². The third-order valence-corrected chi connectivity index (χ3v) is 7.29. The minimum absolute atomic E-state index is 0.0413. The number of hydrogen-bond donors (Lipinski definition) is 1. The molecule has 3 fully saturated rings. The lowest BCUT2D eigenvalue weighted by Crippen LogP contribution is -2.55. The summed E-state index contributed by atoms with van der Waals surface area (Å²) in [5.41, 5.74) is 0.258. The fraction of sp³-hybridized carbons (Fsp3) is 0.519. The van der Waals surface area contributed by atoms with Gasteiger partial charge in [-0.3, -0.25) is 4.79 Å². The van der Waals surface area contributed by atoms with Crippen molar-refractivity contribution in [2.24, 2.45) is 11.8 Å². The van der Waals surface area contributed by atoms with Gasteiger partial charge in [0.25, 0.3) is 5.56 Å². The number of carbonyl (C=O) groups excluding carboxylic acids is 2. The van der Waals surface area contributed by atoms with Crippen molar-refractivity contribution in [3.63, 3.8) is 0 Å². The van der Waals surface area contributed by atoms with Crippen LogP contribution in [0.15, 0.2) is 47.4 Å². The highest BCUT2D eigenvalue weighted by Crippen LogP contribution is 2.39. The van der Waals surface area contributed by atoms with Crippen LogP contribution in [0.1, 0.15) is 50.5 Å². The molecule has 1 aromatic carbocycles. The van der Waals surface area contributed by atoms with Crippen LogP contribution in [0, 0.1) is 11.8 Å². The minimum Gasteiger partial charge on any atom is -0.489 e. The molecule has 3 aliphatic rings. The van der Waals surface area contributed by atoms with E-state index in [0.717, 1.165) is 5.75 Å². The van der Waals surface area contributed by atoms with E-state index in [1.807, 2.05) is 24.3 Å². The molecule has 1 atom stereocenters. The molecule has 3 heterocycles. The van der Waals surface area contributed by atoms with E-state index >= 15 is 0 Å². The number of nitrogens with zero attached hydrogens (tertiary/aromatic N) is 1. The van der Waals surface area contributed by atoms with Crippen molar-refractivity contribution in [3.05, 3.63) is 58.5 Å². The Hall–Kier alpha value is -3.33. The van der Waals surface area contributed by atoms with E-state index in [4.69, 9.17) is 18.9 Å². The van der Waals surface area contributed by atoms with Crippen molar-refractivity contribution in [1.82, 2.24) is 9.88 Å². The number of hydrogen-bond acceptors (Lipinski definition) is 8. The molecule has 0 amide bonds. The number of piperidine rings is 1. The van der Waals surface area contributed by atoms with Crippen LogP contribution in [0.3, 0.4) is 0 Å². The van der Waals surface area contributed by atoms with E-state index < -0.39 is 17.8 Å². The van der Waals surface area contributed by atoms with E-state index in [2.05, 4.69) is 4.98 Å². The predicted molar refractivity (Wildman–Crippen MR) is 129 cm³/mol. The molecule has 1 spiro atoms. The standard InChI is InChI=1S/C27H32N2O7/c30-24-21(9-6-13-28-24)16-29-14-12-20(15-27(29)35-25(31)26(32)36-27)18-34-23-11-5-4-10-22(23)33-17-19-7-2-1-3-8-19/h4-6,9-11,13,19-20H,1-3,7-8,12,14-18H2,(H,28,30). The molecular weight excluding hydrogens is 464 g/mol. The first-order valence-electron chi connectivity index (χ1n) is 12.7. The molecule has 0 bridgehead atoms. The number of nitrogens with one attached hydrogen (secondary N) is 1. The fourth-order valence-corrected chi connectivity index (χ4v) is 5.30. The number of ether oxygens (including phenoxy) is 4. The van der Waals surface area contributed by atoms with Crippen molar-refractivity contribution in [2.45, 2.75) is 57.4 Å². The monoisotopic (exact) mass is 496 g/mol. The van der Waals surface area contributed by atoms with Crippen molar-refractivity contribution >= 4 is 11.9 Å². The number of para-hydroxylation sites is 2. The summed E-state index contributed by atoms with van der Waals surface area (Å²) < 4.78 is 23.2. The van der Waals surface area contributed by atoms with E-state index in [0.29, 0.717) is 43.4 Å². The second-order valence-corrected chi connectivity index (χ2v) is 9.87. The summed E-state index contributed by atoms with van der Waals surface area (Å²) in [6, 6.07) is 11.1. The van der Waals surface area contributed by atoms with Crippen LogP contribution in [0.2, 0.25) is 0 Å². The number of rotatable bonds is 8.